The summed E-state index contributed by atoms with van der Waals surface area (Å²) in [6, 6.07) is 10.3. The standard InChI is InChI=1S/C14H18N2S/c1-17-11-3-2-9-15-13-7-4-8-14-12(13)6-5-10-16-14/h4-8,10,15H,2-3,9,11H2,1H3. The van der Waals surface area contributed by atoms with Crippen LogP contribution in [0.3, 0.4) is 0 Å². The number of hydrogen-bond donors (Lipinski definition) is 1. The van der Waals surface area contributed by atoms with Crippen LogP contribution in [0.5, 0.6) is 0 Å². The second-order valence-electron chi connectivity index (χ2n) is 4.00. The Morgan fingerprint density at radius 2 is 2.12 bits per heavy atom. The van der Waals surface area contributed by atoms with Crippen molar-refractivity contribution in [3.63, 3.8) is 0 Å². The molecule has 2 aromatic rings. The number of rotatable bonds is 6. The Hall–Kier alpha value is -1.22. The number of anilines is 1. The molecule has 17 heavy (non-hydrogen) atoms. The van der Waals surface area contributed by atoms with Gasteiger partial charge in [-0.25, -0.2) is 0 Å². The van der Waals surface area contributed by atoms with Crippen molar-refractivity contribution in [3.8, 4) is 0 Å². The number of nitrogens with zero attached hydrogens (tertiary/aromatic N) is 1. The van der Waals surface area contributed by atoms with Gasteiger partial charge >= 0.3 is 0 Å². The van der Waals surface area contributed by atoms with Crippen LogP contribution in [0, 0.1) is 0 Å². The minimum absolute atomic E-state index is 1.04. The van der Waals surface area contributed by atoms with Crippen molar-refractivity contribution in [2.75, 3.05) is 23.9 Å². The molecule has 2 rings (SSSR count). The molecule has 3 heteroatoms. The normalized spacial score (nSPS) is 10.6. The maximum Gasteiger partial charge on any atom is 0.0722 e. The summed E-state index contributed by atoms with van der Waals surface area (Å²) in [6.45, 7) is 1.04. The van der Waals surface area contributed by atoms with E-state index in [1.807, 2.05) is 30.1 Å². The van der Waals surface area contributed by atoms with Crippen LogP contribution in [0.1, 0.15) is 12.8 Å². The number of benzene rings is 1. The largest absolute Gasteiger partial charge is 0.384 e. The third kappa shape index (κ3) is 3.37. The van der Waals surface area contributed by atoms with Gasteiger partial charge in [0.25, 0.3) is 0 Å². The molecule has 0 spiro atoms. The van der Waals surface area contributed by atoms with Crippen LogP contribution in [0.25, 0.3) is 10.9 Å². The molecule has 0 amide bonds. The maximum absolute atomic E-state index is 4.36. The highest BCUT2D eigenvalue weighted by molar-refractivity contribution is 7.98. The molecule has 2 nitrogen and oxygen atoms in total. The van der Waals surface area contributed by atoms with Crippen molar-refractivity contribution in [1.82, 2.24) is 4.98 Å². The average molecular weight is 246 g/mol. The van der Waals surface area contributed by atoms with E-state index >= 15 is 0 Å². The van der Waals surface area contributed by atoms with E-state index in [1.165, 1.54) is 29.7 Å². The topological polar surface area (TPSA) is 24.9 Å². The second-order valence-corrected chi connectivity index (χ2v) is 4.99. The number of nitrogens with one attached hydrogen (secondary N) is 1. The number of pyridine rings is 1. The van der Waals surface area contributed by atoms with Crippen molar-refractivity contribution in [1.29, 1.82) is 0 Å². The van der Waals surface area contributed by atoms with Gasteiger partial charge < -0.3 is 5.32 Å². The molecule has 1 N–H and O–H groups in total. The van der Waals surface area contributed by atoms with Gasteiger partial charge in [-0.3, -0.25) is 4.98 Å². The van der Waals surface area contributed by atoms with Gasteiger partial charge in [-0.05, 0) is 49.1 Å². The number of thioether (sulfide) groups is 1. The Bertz CT molecular complexity index is 465. The molecule has 1 aromatic carbocycles. The molecule has 1 aromatic heterocycles. The molecule has 0 bridgehead atoms. The van der Waals surface area contributed by atoms with Gasteiger partial charge in [0.15, 0.2) is 0 Å². The SMILES string of the molecule is CSCCCCNc1cccc2ncccc12. The molecular weight excluding hydrogens is 228 g/mol. The average Bonchev–Trinajstić information content (AvgIpc) is 2.39. The summed E-state index contributed by atoms with van der Waals surface area (Å²) in [4.78, 5) is 4.36. The highest BCUT2D eigenvalue weighted by Gasteiger charge is 1.99. The summed E-state index contributed by atoms with van der Waals surface area (Å²) < 4.78 is 0. The first kappa shape index (κ1) is 12.2. The monoisotopic (exact) mass is 246 g/mol. The molecule has 0 unspecified atom stereocenters. The summed E-state index contributed by atoms with van der Waals surface area (Å²) in [5, 5.41) is 4.71. The van der Waals surface area contributed by atoms with Gasteiger partial charge in [-0.2, -0.15) is 11.8 Å². The van der Waals surface area contributed by atoms with E-state index < -0.39 is 0 Å². The Morgan fingerprint density at radius 1 is 1.18 bits per heavy atom. The van der Waals surface area contributed by atoms with Crippen LogP contribution in [-0.4, -0.2) is 23.5 Å². The van der Waals surface area contributed by atoms with Crippen molar-refractivity contribution in [2.45, 2.75) is 12.8 Å². The van der Waals surface area contributed by atoms with E-state index in [1.54, 1.807) is 0 Å². The molecule has 0 aliphatic rings. The smallest absolute Gasteiger partial charge is 0.0722 e. The van der Waals surface area contributed by atoms with Crippen molar-refractivity contribution >= 4 is 28.4 Å². The fraction of sp³-hybridized carbons (Fsp3) is 0.357. The van der Waals surface area contributed by atoms with E-state index in [0.717, 1.165) is 12.1 Å². The van der Waals surface area contributed by atoms with Crippen LogP contribution in [-0.2, 0) is 0 Å². The molecular formula is C14H18N2S. The lowest BCUT2D eigenvalue weighted by atomic mass is 10.2. The Balaban J connectivity index is 1.98. The number of fused-ring (bicyclic) bond motifs is 1. The second kappa shape index (κ2) is 6.50. The first-order chi connectivity index (χ1) is 8.42. The summed E-state index contributed by atoms with van der Waals surface area (Å²) in [7, 11) is 0. The molecule has 0 radical (unpaired) electrons. The minimum atomic E-state index is 1.04. The lowest BCUT2D eigenvalue weighted by Gasteiger charge is -2.08. The van der Waals surface area contributed by atoms with Gasteiger partial charge in [-0.15, -0.1) is 0 Å². The van der Waals surface area contributed by atoms with E-state index in [0.29, 0.717) is 0 Å². The maximum atomic E-state index is 4.36. The lowest BCUT2D eigenvalue weighted by Crippen LogP contribution is -2.02. The number of unbranched alkanes of at least 4 members (excludes halogenated alkanes) is 1. The zero-order valence-electron chi connectivity index (χ0n) is 10.1. The number of hydrogen-bond acceptors (Lipinski definition) is 3. The summed E-state index contributed by atoms with van der Waals surface area (Å²) in [6.07, 6.45) is 6.49. The fourth-order valence-electron chi connectivity index (χ4n) is 1.85. The molecule has 90 valence electrons. The third-order valence-corrected chi connectivity index (χ3v) is 3.43. The lowest BCUT2D eigenvalue weighted by molar-refractivity contribution is 0.844. The van der Waals surface area contributed by atoms with E-state index in [9.17, 15) is 0 Å². The zero-order valence-corrected chi connectivity index (χ0v) is 11.0. The van der Waals surface area contributed by atoms with Crippen LogP contribution in [0.4, 0.5) is 5.69 Å². The van der Waals surface area contributed by atoms with Crippen molar-refractivity contribution < 1.29 is 0 Å². The summed E-state index contributed by atoms with van der Waals surface area (Å²) in [5.41, 5.74) is 2.25. The van der Waals surface area contributed by atoms with Gasteiger partial charge in [0.05, 0.1) is 5.52 Å². The Morgan fingerprint density at radius 3 is 3.00 bits per heavy atom. The van der Waals surface area contributed by atoms with E-state index in [2.05, 4.69) is 34.8 Å². The fourth-order valence-corrected chi connectivity index (χ4v) is 2.34. The van der Waals surface area contributed by atoms with Crippen molar-refractivity contribution in [3.05, 3.63) is 36.5 Å². The first-order valence-corrected chi connectivity index (χ1v) is 7.38. The number of aromatic nitrogens is 1. The quantitative estimate of drug-likeness (QED) is 0.785. The van der Waals surface area contributed by atoms with Crippen LogP contribution in [0.15, 0.2) is 36.5 Å². The molecule has 0 atom stereocenters. The van der Waals surface area contributed by atoms with Gasteiger partial charge in [0.1, 0.15) is 0 Å². The molecule has 1 heterocycles. The predicted molar refractivity (Wildman–Crippen MR) is 77.8 cm³/mol. The Labute approximate surface area is 107 Å². The third-order valence-electron chi connectivity index (χ3n) is 2.74. The molecule has 0 fully saturated rings. The molecule has 0 aliphatic carbocycles. The van der Waals surface area contributed by atoms with Crippen LogP contribution < -0.4 is 5.32 Å². The summed E-state index contributed by atoms with van der Waals surface area (Å²) >= 11 is 1.91. The van der Waals surface area contributed by atoms with Gasteiger partial charge in [0.2, 0.25) is 0 Å². The molecule has 0 saturated carbocycles. The highest BCUT2D eigenvalue weighted by Crippen LogP contribution is 2.21. The minimum Gasteiger partial charge on any atom is -0.384 e. The Kier molecular flexibility index (Phi) is 4.68. The summed E-state index contributed by atoms with van der Waals surface area (Å²) in [5.74, 6) is 1.25. The molecule has 0 aliphatic heterocycles. The predicted octanol–water partition coefficient (Wildman–Crippen LogP) is 3.79. The van der Waals surface area contributed by atoms with Gasteiger partial charge in [0, 0.05) is 23.8 Å². The zero-order chi connectivity index (χ0) is 11.9. The molecule has 0 saturated heterocycles. The first-order valence-electron chi connectivity index (χ1n) is 5.98. The van der Waals surface area contributed by atoms with Crippen molar-refractivity contribution in [2.24, 2.45) is 0 Å². The van der Waals surface area contributed by atoms with Crippen LogP contribution >= 0.6 is 11.8 Å². The van der Waals surface area contributed by atoms with Crippen LogP contribution in [0.2, 0.25) is 0 Å². The van der Waals surface area contributed by atoms with E-state index in [4.69, 9.17) is 0 Å². The van der Waals surface area contributed by atoms with E-state index in [-0.39, 0.29) is 0 Å². The highest BCUT2D eigenvalue weighted by atomic mass is 32.2. The van der Waals surface area contributed by atoms with Gasteiger partial charge in [-0.1, -0.05) is 6.07 Å².